The van der Waals surface area contributed by atoms with Gasteiger partial charge in [0.05, 0.1) is 12.5 Å². The number of hydrogen-bond acceptors (Lipinski definition) is 3. The molecule has 2 unspecified atom stereocenters. The zero-order valence-electron chi connectivity index (χ0n) is 11.1. The molecule has 0 spiro atoms. The Hall–Kier alpha value is -0.800. The third-order valence-electron chi connectivity index (χ3n) is 3.74. The molecule has 17 heavy (non-hydrogen) atoms. The van der Waals surface area contributed by atoms with E-state index in [1.165, 1.54) is 18.4 Å². The van der Waals surface area contributed by atoms with E-state index < -0.39 is 0 Å². The van der Waals surface area contributed by atoms with Gasteiger partial charge in [-0.25, -0.2) is 0 Å². The van der Waals surface area contributed by atoms with E-state index in [9.17, 15) is 0 Å². The lowest BCUT2D eigenvalue weighted by molar-refractivity contribution is 0.0767. The molecule has 0 saturated heterocycles. The summed E-state index contributed by atoms with van der Waals surface area (Å²) in [4.78, 5) is 2.46. The largest absolute Gasteiger partial charge is 0.472 e. The highest BCUT2D eigenvalue weighted by Gasteiger charge is 2.33. The van der Waals surface area contributed by atoms with Crippen molar-refractivity contribution in [3.8, 4) is 0 Å². The van der Waals surface area contributed by atoms with Crippen LogP contribution < -0.4 is 5.32 Å². The van der Waals surface area contributed by atoms with Crippen molar-refractivity contribution >= 4 is 0 Å². The first kappa shape index (κ1) is 12.7. The van der Waals surface area contributed by atoms with Gasteiger partial charge in [0.1, 0.15) is 0 Å². The zero-order chi connectivity index (χ0) is 12.3. The first-order valence-corrected chi connectivity index (χ1v) is 6.61. The summed E-state index contributed by atoms with van der Waals surface area (Å²) in [5.74, 6) is 0.814. The molecule has 1 aromatic heterocycles. The Kier molecular flexibility index (Phi) is 4.24. The van der Waals surface area contributed by atoms with Crippen molar-refractivity contribution in [1.29, 1.82) is 0 Å². The molecule has 1 aliphatic carbocycles. The summed E-state index contributed by atoms with van der Waals surface area (Å²) in [5, 5.41) is 3.55. The minimum Gasteiger partial charge on any atom is -0.472 e. The Labute approximate surface area is 104 Å². The van der Waals surface area contributed by atoms with Gasteiger partial charge in [0.15, 0.2) is 0 Å². The number of hydrogen-bond donors (Lipinski definition) is 1. The molecule has 1 heterocycles. The molecular formula is C14H24N2O. The Morgan fingerprint density at radius 2 is 2.29 bits per heavy atom. The Morgan fingerprint density at radius 1 is 1.47 bits per heavy atom. The van der Waals surface area contributed by atoms with Crippen molar-refractivity contribution in [2.24, 2.45) is 5.92 Å². The summed E-state index contributed by atoms with van der Waals surface area (Å²) in [6, 6.07) is 3.38. The highest BCUT2D eigenvalue weighted by atomic mass is 16.3. The van der Waals surface area contributed by atoms with Gasteiger partial charge >= 0.3 is 0 Å². The number of nitrogens with one attached hydrogen (secondary N) is 1. The Balaban J connectivity index is 1.77. The van der Waals surface area contributed by atoms with E-state index in [0.717, 1.165) is 25.0 Å². The zero-order valence-corrected chi connectivity index (χ0v) is 11.1. The van der Waals surface area contributed by atoms with E-state index in [0.29, 0.717) is 6.04 Å². The number of furan rings is 1. The molecule has 1 N–H and O–H groups in total. The van der Waals surface area contributed by atoms with Gasteiger partial charge in [-0.15, -0.1) is 0 Å². The lowest BCUT2D eigenvalue weighted by Crippen LogP contribution is -2.49. The van der Waals surface area contributed by atoms with Gasteiger partial charge in [0.25, 0.3) is 0 Å². The van der Waals surface area contributed by atoms with E-state index >= 15 is 0 Å². The topological polar surface area (TPSA) is 28.4 Å². The van der Waals surface area contributed by atoms with Crippen LogP contribution in [0.3, 0.4) is 0 Å². The van der Waals surface area contributed by atoms with Gasteiger partial charge in [-0.05, 0) is 38.4 Å². The lowest BCUT2D eigenvalue weighted by Gasteiger charge is -2.43. The Bertz CT molecular complexity index is 321. The molecule has 0 aliphatic heterocycles. The van der Waals surface area contributed by atoms with Crippen LogP contribution >= 0.6 is 0 Å². The maximum atomic E-state index is 5.11. The predicted molar refractivity (Wildman–Crippen MR) is 69.8 cm³/mol. The molecular weight excluding hydrogens is 212 g/mol. The summed E-state index contributed by atoms with van der Waals surface area (Å²) in [6.07, 6.45) is 6.29. The monoisotopic (exact) mass is 236 g/mol. The predicted octanol–water partition coefficient (Wildman–Crippen LogP) is 2.49. The summed E-state index contributed by atoms with van der Waals surface area (Å²) in [7, 11) is 2.22. The molecule has 0 aromatic carbocycles. The second-order valence-corrected chi connectivity index (χ2v) is 5.51. The molecule has 0 bridgehead atoms. The minimum absolute atomic E-state index is 0.593. The second-order valence-electron chi connectivity index (χ2n) is 5.51. The van der Waals surface area contributed by atoms with Crippen LogP contribution in [0.2, 0.25) is 0 Å². The highest BCUT2D eigenvalue weighted by molar-refractivity contribution is 5.05. The van der Waals surface area contributed by atoms with Crippen LogP contribution in [0.4, 0.5) is 0 Å². The van der Waals surface area contributed by atoms with Crippen molar-refractivity contribution < 1.29 is 4.42 Å². The smallest absolute Gasteiger partial charge is 0.0947 e. The van der Waals surface area contributed by atoms with Crippen LogP contribution in [0.25, 0.3) is 0 Å². The summed E-state index contributed by atoms with van der Waals surface area (Å²) >= 11 is 0. The van der Waals surface area contributed by atoms with Crippen LogP contribution in [0.1, 0.15) is 32.3 Å². The lowest BCUT2D eigenvalue weighted by atomic mass is 9.78. The van der Waals surface area contributed by atoms with E-state index in [-0.39, 0.29) is 0 Å². The number of nitrogens with zero attached hydrogens (tertiary/aromatic N) is 1. The fourth-order valence-corrected chi connectivity index (χ4v) is 2.54. The van der Waals surface area contributed by atoms with E-state index in [4.69, 9.17) is 4.42 Å². The first-order chi connectivity index (χ1) is 8.16. The summed E-state index contributed by atoms with van der Waals surface area (Å²) < 4.78 is 5.11. The van der Waals surface area contributed by atoms with E-state index in [2.05, 4.69) is 37.2 Å². The molecule has 0 radical (unpaired) electrons. The maximum Gasteiger partial charge on any atom is 0.0947 e. The Morgan fingerprint density at radius 3 is 2.82 bits per heavy atom. The molecule has 1 saturated carbocycles. The highest BCUT2D eigenvalue weighted by Crippen LogP contribution is 2.31. The van der Waals surface area contributed by atoms with Gasteiger partial charge < -0.3 is 9.73 Å². The molecule has 2 atom stereocenters. The maximum absolute atomic E-state index is 5.11. The van der Waals surface area contributed by atoms with E-state index in [1.807, 2.05) is 6.26 Å². The molecule has 1 aromatic rings. The third-order valence-corrected chi connectivity index (χ3v) is 3.74. The average Bonchev–Trinajstić information content (AvgIpc) is 2.68. The van der Waals surface area contributed by atoms with Crippen LogP contribution in [-0.4, -0.2) is 30.6 Å². The fraction of sp³-hybridized carbons (Fsp3) is 0.714. The SMILES string of the molecule is CC(C)NCC1CCC1N(C)Cc1ccoc1. The van der Waals surface area contributed by atoms with Crippen molar-refractivity contribution in [3.05, 3.63) is 24.2 Å². The van der Waals surface area contributed by atoms with Crippen LogP contribution in [0.15, 0.2) is 23.0 Å². The van der Waals surface area contributed by atoms with E-state index in [1.54, 1.807) is 6.26 Å². The van der Waals surface area contributed by atoms with Crippen LogP contribution in [0.5, 0.6) is 0 Å². The standard InChI is InChI=1S/C14H24N2O/c1-11(2)15-8-13-4-5-14(13)16(3)9-12-6-7-17-10-12/h6-7,10-11,13-15H,4-5,8-9H2,1-3H3. The number of rotatable bonds is 6. The molecule has 96 valence electrons. The molecule has 0 amide bonds. The van der Waals surface area contributed by atoms with Crippen LogP contribution in [0, 0.1) is 5.92 Å². The van der Waals surface area contributed by atoms with Crippen molar-refractivity contribution in [1.82, 2.24) is 10.2 Å². The first-order valence-electron chi connectivity index (χ1n) is 6.61. The molecule has 2 rings (SSSR count). The quantitative estimate of drug-likeness (QED) is 0.822. The van der Waals surface area contributed by atoms with Gasteiger partial charge in [-0.1, -0.05) is 13.8 Å². The molecule has 3 nitrogen and oxygen atoms in total. The summed E-state index contributed by atoms with van der Waals surface area (Å²) in [5.41, 5.74) is 1.27. The molecule has 1 aliphatic rings. The van der Waals surface area contributed by atoms with Crippen molar-refractivity contribution in [3.63, 3.8) is 0 Å². The molecule has 1 fully saturated rings. The third kappa shape index (κ3) is 3.33. The summed E-state index contributed by atoms with van der Waals surface area (Å²) in [6.45, 7) is 6.57. The van der Waals surface area contributed by atoms with Gasteiger partial charge in [0, 0.05) is 24.2 Å². The molecule has 3 heteroatoms. The van der Waals surface area contributed by atoms with Crippen LogP contribution in [-0.2, 0) is 6.54 Å². The fourth-order valence-electron chi connectivity index (χ4n) is 2.54. The average molecular weight is 236 g/mol. The van der Waals surface area contributed by atoms with Gasteiger partial charge in [-0.2, -0.15) is 0 Å². The van der Waals surface area contributed by atoms with Crippen molar-refractivity contribution in [2.75, 3.05) is 13.6 Å². The minimum atomic E-state index is 0.593. The van der Waals surface area contributed by atoms with Crippen molar-refractivity contribution in [2.45, 2.75) is 45.3 Å². The normalized spacial score (nSPS) is 24.3. The van der Waals surface area contributed by atoms with Gasteiger partial charge in [0.2, 0.25) is 0 Å². The van der Waals surface area contributed by atoms with Gasteiger partial charge in [-0.3, -0.25) is 4.90 Å². The second kappa shape index (κ2) is 5.69.